The molecule has 1 aromatic rings. The minimum Gasteiger partial charge on any atom is -0.374 e. The van der Waals surface area contributed by atoms with Gasteiger partial charge < -0.3 is 4.90 Å². The summed E-state index contributed by atoms with van der Waals surface area (Å²) in [5.74, 6) is 1.41. The third-order valence-electron chi connectivity index (χ3n) is 3.34. The van der Waals surface area contributed by atoms with Crippen molar-refractivity contribution in [2.75, 3.05) is 18.5 Å². The second kappa shape index (κ2) is 3.88. The fraction of sp³-hybridized carbons (Fsp3) is 0.571. The summed E-state index contributed by atoms with van der Waals surface area (Å²) in [5.41, 5.74) is 4.41. The molecule has 1 aliphatic heterocycles. The molecule has 0 N–H and O–H groups in total. The van der Waals surface area contributed by atoms with Gasteiger partial charge in [0.05, 0.1) is 0 Å². The predicted molar refractivity (Wildman–Crippen MR) is 66.7 cm³/mol. The van der Waals surface area contributed by atoms with Crippen LogP contribution in [0.15, 0.2) is 18.2 Å². The fourth-order valence-corrected chi connectivity index (χ4v) is 2.47. The molecule has 0 saturated carbocycles. The van der Waals surface area contributed by atoms with Gasteiger partial charge in [0.1, 0.15) is 0 Å². The van der Waals surface area contributed by atoms with Crippen molar-refractivity contribution in [2.24, 2.45) is 5.92 Å². The normalized spacial score (nSPS) is 20.6. The zero-order chi connectivity index (χ0) is 11.0. The summed E-state index contributed by atoms with van der Waals surface area (Å²) in [7, 11) is 2.21. The minimum atomic E-state index is 0.628. The first-order valence-electron chi connectivity index (χ1n) is 5.92. The third-order valence-corrected chi connectivity index (χ3v) is 3.34. The van der Waals surface area contributed by atoms with Crippen molar-refractivity contribution < 1.29 is 0 Å². The van der Waals surface area contributed by atoms with Gasteiger partial charge >= 0.3 is 0 Å². The van der Waals surface area contributed by atoms with Crippen molar-refractivity contribution in [1.82, 2.24) is 0 Å². The van der Waals surface area contributed by atoms with Crippen LogP contribution in [-0.2, 0) is 6.42 Å². The Morgan fingerprint density at radius 3 is 2.73 bits per heavy atom. The molecule has 0 saturated heterocycles. The van der Waals surface area contributed by atoms with E-state index in [4.69, 9.17) is 0 Å². The Labute approximate surface area is 93.1 Å². The number of hydrogen-bond donors (Lipinski definition) is 0. The van der Waals surface area contributed by atoms with Crippen LogP contribution < -0.4 is 4.90 Å². The maximum absolute atomic E-state index is 2.40. The number of fused-ring (bicyclic) bond motifs is 1. The van der Waals surface area contributed by atoms with Gasteiger partial charge in [-0.1, -0.05) is 32.9 Å². The van der Waals surface area contributed by atoms with Crippen molar-refractivity contribution in [3.63, 3.8) is 0 Å². The molecule has 82 valence electrons. The predicted octanol–water partition coefficient (Wildman–Crippen LogP) is 3.44. The lowest BCUT2D eigenvalue weighted by atomic mass is 9.91. The lowest BCUT2D eigenvalue weighted by molar-refractivity contribution is 0.551. The zero-order valence-corrected chi connectivity index (χ0v) is 10.2. The first kappa shape index (κ1) is 10.5. The molecule has 1 aromatic carbocycles. The van der Waals surface area contributed by atoms with Crippen LogP contribution in [0.2, 0.25) is 0 Å². The van der Waals surface area contributed by atoms with Crippen LogP contribution >= 0.6 is 0 Å². The van der Waals surface area contributed by atoms with Crippen LogP contribution in [0.25, 0.3) is 0 Å². The summed E-state index contributed by atoms with van der Waals surface area (Å²) in [6.07, 6.45) is 1.23. The summed E-state index contributed by atoms with van der Waals surface area (Å²) in [6.45, 7) is 8.03. The summed E-state index contributed by atoms with van der Waals surface area (Å²) >= 11 is 0. The monoisotopic (exact) mass is 203 g/mol. The topological polar surface area (TPSA) is 3.24 Å². The maximum Gasteiger partial charge on any atom is 0.0399 e. The standard InChI is InChI=1S/C14H21N/c1-10(2)12-5-6-13-7-11(3)9-15(4)14(13)8-12/h5-6,8,10-11H,7,9H2,1-4H3. The molecule has 1 aliphatic rings. The van der Waals surface area contributed by atoms with Crippen molar-refractivity contribution in [2.45, 2.75) is 33.1 Å². The number of hydrogen-bond acceptors (Lipinski definition) is 1. The first-order chi connectivity index (χ1) is 7.08. The molecule has 0 bridgehead atoms. The van der Waals surface area contributed by atoms with E-state index in [9.17, 15) is 0 Å². The number of anilines is 1. The van der Waals surface area contributed by atoms with Gasteiger partial charge in [0.2, 0.25) is 0 Å². The van der Waals surface area contributed by atoms with Crippen LogP contribution in [0.3, 0.4) is 0 Å². The molecule has 0 aliphatic carbocycles. The molecular formula is C14H21N. The highest BCUT2D eigenvalue weighted by Gasteiger charge is 2.19. The van der Waals surface area contributed by atoms with Gasteiger partial charge in [-0.25, -0.2) is 0 Å². The Balaban J connectivity index is 2.39. The van der Waals surface area contributed by atoms with E-state index in [0.717, 1.165) is 5.92 Å². The third kappa shape index (κ3) is 2.01. The van der Waals surface area contributed by atoms with Crippen molar-refractivity contribution in [3.8, 4) is 0 Å². The van der Waals surface area contributed by atoms with E-state index >= 15 is 0 Å². The Hall–Kier alpha value is -0.980. The van der Waals surface area contributed by atoms with E-state index in [-0.39, 0.29) is 0 Å². The molecule has 1 heteroatoms. The lowest BCUT2D eigenvalue weighted by Gasteiger charge is -2.32. The molecule has 2 rings (SSSR count). The SMILES string of the molecule is CC1Cc2ccc(C(C)C)cc2N(C)C1. The number of nitrogens with zero attached hydrogens (tertiary/aromatic N) is 1. The summed E-state index contributed by atoms with van der Waals surface area (Å²) in [6, 6.07) is 6.97. The second-order valence-electron chi connectivity index (χ2n) is 5.23. The average Bonchev–Trinajstić information content (AvgIpc) is 2.16. The van der Waals surface area contributed by atoms with Gasteiger partial charge in [-0.2, -0.15) is 0 Å². The largest absolute Gasteiger partial charge is 0.374 e. The molecule has 0 fully saturated rings. The fourth-order valence-electron chi connectivity index (χ4n) is 2.47. The molecule has 0 radical (unpaired) electrons. The molecule has 1 nitrogen and oxygen atoms in total. The van der Waals surface area contributed by atoms with E-state index in [1.807, 2.05) is 0 Å². The van der Waals surface area contributed by atoms with Crippen molar-refractivity contribution >= 4 is 5.69 Å². The first-order valence-corrected chi connectivity index (χ1v) is 5.92. The van der Waals surface area contributed by atoms with Crippen molar-refractivity contribution in [3.05, 3.63) is 29.3 Å². The average molecular weight is 203 g/mol. The lowest BCUT2D eigenvalue weighted by Crippen LogP contribution is -2.30. The minimum absolute atomic E-state index is 0.628. The van der Waals surface area contributed by atoms with Gasteiger partial charge in [0, 0.05) is 19.3 Å². The highest BCUT2D eigenvalue weighted by Crippen LogP contribution is 2.31. The quantitative estimate of drug-likeness (QED) is 0.676. The molecule has 0 amide bonds. The molecule has 15 heavy (non-hydrogen) atoms. The Morgan fingerprint density at radius 2 is 2.07 bits per heavy atom. The molecule has 1 unspecified atom stereocenters. The van der Waals surface area contributed by atoms with E-state index < -0.39 is 0 Å². The Bertz CT molecular complexity index is 354. The van der Waals surface area contributed by atoms with Gasteiger partial charge in [-0.15, -0.1) is 0 Å². The van der Waals surface area contributed by atoms with Gasteiger partial charge in [0.25, 0.3) is 0 Å². The molecule has 0 aromatic heterocycles. The van der Waals surface area contributed by atoms with Crippen molar-refractivity contribution in [1.29, 1.82) is 0 Å². The summed E-state index contributed by atoms with van der Waals surface area (Å²) < 4.78 is 0. The molecule has 0 spiro atoms. The summed E-state index contributed by atoms with van der Waals surface area (Å²) in [4.78, 5) is 2.40. The van der Waals surface area contributed by atoms with E-state index in [1.165, 1.54) is 29.8 Å². The molecular weight excluding hydrogens is 182 g/mol. The second-order valence-corrected chi connectivity index (χ2v) is 5.23. The highest BCUT2D eigenvalue weighted by atomic mass is 15.1. The smallest absolute Gasteiger partial charge is 0.0399 e. The maximum atomic E-state index is 2.40. The van der Waals surface area contributed by atoms with E-state index in [2.05, 4.69) is 50.9 Å². The Kier molecular flexibility index (Phi) is 2.72. The number of benzene rings is 1. The van der Waals surface area contributed by atoms with Crippen LogP contribution in [0.4, 0.5) is 5.69 Å². The molecule has 1 heterocycles. The zero-order valence-electron chi connectivity index (χ0n) is 10.2. The van der Waals surface area contributed by atoms with Gasteiger partial charge in [-0.3, -0.25) is 0 Å². The van der Waals surface area contributed by atoms with Crippen LogP contribution in [0, 0.1) is 5.92 Å². The molecule has 1 atom stereocenters. The highest BCUT2D eigenvalue weighted by molar-refractivity contribution is 5.57. The van der Waals surface area contributed by atoms with E-state index in [0.29, 0.717) is 5.92 Å². The van der Waals surface area contributed by atoms with E-state index in [1.54, 1.807) is 0 Å². The number of rotatable bonds is 1. The van der Waals surface area contributed by atoms with Gasteiger partial charge in [-0.05, 0) is 35.4 Å². The van der Waals surface area contributed by atoms with Gasteiger partial charge in [0.15, 0.2) is 0 Å². The van der Waals surface area contributed by atoms with Crippen LogP contribution in [-0.4, -0.2) is 13.6 Å². The van der Waals surface area contributed by atoms with Crippen LogP contribution in [0.5, 0.6) is 0 Å². The summed E-state index contributed by atoms with van der Waals surface area (Å²) in [5, 5.41) is 0. The van der Waals surface area contributed by atoms with Crippen LogP contribution in [0.1, 0.15) is 37.8 Å². The Morgan fingerprint density at radius 1 is 1.33 bits per heavy atom.